The molecule has 5 nitrogen and oxygen atoms in total. The van der Waals surface area contributed by atoms with Crippen LogP contribution in [0.1, 0.15) is 43.0 Å². The maximum Gasteiger partial charge on any atom is 0.307 e. The topological polar surface area (TPSA) is 64.3 Å². The van der Waals surface area contributed by atoms with Crippen LogP contribution in [0.5, 0.6) is 5.75 Å². The number of hydrogen-bond acceptors (Lipinski definition) is 3. The molecule has 0 spiro atoms. The zero-order valence-electron chi connectivity index (χ0n) is 15.9. The van der Waals surface area contributed by atoms with E-state index in [0.29, 0.717) is 18.2 Å². The summed E-state index contributed by atoms with van der Waals surface area (Å²) in [4.78, 5) is 10.8. The van der Waals surface area contributed by atoms with Gasteiger partial charge in [0.15, 0.2) is 0 Å². The van der Waals surface area contributed by atoms with Gasteiger partial charge in [-0.2, -0.15) is 5.10 Å². The van der Waals surface area contributed by atoms with Gasteiger partial charge in [0.2, 0.25) is 0 Å². The molecule has 1 heterocycles. The molecular weight excluding hydrogens is 340 g/mol. The Kier molecular flexibility index (Phi) is 5.31. The highest BCUT2D eigenvalue weighted by molar-refractivity contribution is 5.83. The predicted molar refractivity (Wildman–Crippen MR) is 107 cm³/mol. The largest absolute Gasteiger partial charge is 0.489 e. The molecule has 0 fully saturated rings. The Morgan fingerprint density at radius 2 is 1.93 bits per heavy atom. The van der Waals surface area contributed by atoms with Crippen molar-refractivity contribution < 1.29 is 14.6 Å². The molecule has 1 N–H and O–H groups in total. The van der Waals surface area contributed by atoms with Gasteiger partial charge in [0, 0.05) is 11.4 Å². The van der Waals surface area contributed by atoms with Crippen LogP contribution in [-0.4, -0.2) is 20.9 Å². The Morgan fingerprint density at radius 3 is 2.56 bits per heavy atom. The molecule has 3 rings (SSSR count). The second-order valence-electron chi connectivity index (χ2n) is 6.96. The third-order valence-electron chi connectivity index (χ3n) is 4.64. The molecule has 1 aromatic heterocycles. The summed E-state index contributed by atoms with van der Waals surface area (Å²) in [5.74, 6) is -0.148. The summed E-state index contributed by atoms with van der Waals surface area (Å²) in [6.45, 7) is 10.6. The average Bonchev–Trinajstić information content (AvgIpc) is 3.06. The average molecular weight is 364 g/mol. The number of nitrogens with zero attached hydrogens (tertiary/aromatic N) is 2. The van der Waals surface area contributed by atoms with Gasteiger partial charge in [-0.05, 0) is 55.2 Å². The van der Waals surface area contributed by atoms with Crippen molar-refractivity contribution in [3.8, 4) is 5.75 Å². The lowest BCUT2D eigenvalue weighted by molar-refractivity contribution is -0.135. The molecule has 0 bridgehead atoms. The fraction of sp³-hybridized carbons (Fsp3) is 0.273. The number of ether oxygens (including phenoxy) is 1. The highest BCUT2D eigenvalue weighted by Crippen LogP contribution is 2.26. The Labute approximate surface area is 158 Å². The van der Waals surface area contributed by atoms with Gasteiger partial charge in [0.05, 0.1) is 18.1 Å². The lowest BCUT2D eigenvalue weighted by atomic mass is 10.0. The zero-order valence-corrected chi connectivity index (χ0v) is 15.9. The van der Waals surface area contributed by atoms with Crippen molar-refractivity contribution in [1.82, 2.24) is 9.78 Å². The molecule has 5 heteroatoms. The first-order valence-electron chi connectivity index (χ1n) is 8.95. The quantitative estimate of drug-likeness (QED) is 0.641. The minimum atomic E-state index is -0.883. The number of aryl methyl sites for hydroxylation is 1. The van der Waals surface area contributed by atoms with Crippen LogP contribution in [0.3, 0.4) is 0 Å². The van der Waals surface area contributed by atoms with Crippen molar-refractivity contribution in [1.29, 1.82) is 0 Å². The zero-order chi connectivity index (χ0) is 19.6. The lowest BCUT2D eigenvalue weighted by Crippen LogP contribution is -2.05. The van der Waals surface area contributed by atoms with E-state index < -0.39 is 5.97 Å². The molecule has 0 atom stereocenters. The fourth-order valence-electron chi connectivity index (χ4n) is 3.13. The second-order valence-corrected chi connectivity index (χ2v) is 6.96. The molecular formula is C22H24N2O3. The Hall–Kier alpha value is -3.08. The summed E-state index contributed by atoms with van der Waals surface area (Å²) in [5, 5.41) is 14.5. The van der Waals surface area contributed by atoms with E-state index in [1.807, 2.05) is 35.1 Å². The van der Waals surface area contributed by atoms with E-state index in [1.165, 1.54) is 5.56 Å². The van der Waals surface area contributed by atoms with Crippen LogP contribution in [0.15, 0.2) is 49.2 Å². The summed E-state index contributed by atoms with van der Waals surface area (Å²) < 4.78 is 7.98. The van der Waals surface area contributed by atoms with E-state index in [1.54, 1.807) is 0 Å². The summed E-state index contributed by atoms with van der Waals surface area (Å²) >= 11 is 0. The van der Waals surface area contributed by atoms with E-state index >= 15 is 0 Å². The van der Waals surface area contributed by atoms with Crippen LogP contribution in [0.25, 0.3) is 16.5 Å². The van der Waals surface area contributed by atoms with Crippen molar-refractivity contribution >= 4 is 22.4 Å². The standard InChI is InChI=1S/C22H24N2O3/c1-14(2)24-22-16(4)19(6-5-18(22)12-23-24)13-27-20-9-7-17(8-10-20)15(3)11-21(25)26/h5-10,12,14H,3,11,13H2,1-2,4H3,(H,25,26). The molecule has 0 aliphatic heterocycles. The third kappa shape index (κ3) is 4.03. The molecule has 140 valence electrons. The van der Waals surface area contributed by atoms with E-state index in [-0.39, 0.29) is 6.42 Å². The highest BCUT2D eigenvalue weighted by atomic mass is 16.5. The molecule has 0 saturated carbocycles. The lowest BCUT2D eigenvalue weighted by Gasteiger charge is -2.13. The van der Waals surface area contributed by atoms with Gasteiger partial charge in [-0.3, -0.25) is 9.48 Å². The van der Waals surface area contributed by atoms with Crippen molar-refractivity contribution in [2.75, 3.05) is 0 Å². The number of rotatable bonds is 7. The van der Waals surface area contributed by atoms with Gasteiger partial charge >= 0.3 is 5.97 Å². The van der Waals surface area contributed by atoms with Crippen molar-refractivity contribution in [3.05, 3.63) is 65.9 Å². The molecule has 0 amide bonds. The Balaban J connectivity index is 1.75. The third-order valence-corrected chi connectivity index (χ3v) is 4.64. The Morgan fingerprint density at radius 1 is 1.22 bits per heavy atom. The van der Waals surface area contributed by atoms with Gasteiger partial charge in [0.1, 0.15) is 12.4 Å². The van der Waals surface area contributed by atoms with E-state index in [0.717, 1.165) is 27.8 Å². The molecule has 0 radical (unpaired) electrons. The molecule has 3 aromatic rings. The molecule has 27 heavy (non-hydrogen) atoms. The van der Waals surface area contributed by atoms with Gasteiger partial charge in [-0.1, -0.05) is 30.8 Å². The van der Waals surface area contributed by atoms with Crippen LogP contribution >= 0.6 is 0 Å². The normalized spacial score (nSPS) is 11.1. The maximum atomic E-state index is 10.8. The van der Waals surface area contributed by atoms with Crippen LogP contribution in [0.2, 0.25) is 0 Å². The summed E-state index contributed by atoms with van der Waals surface area (Å²) in [6, 6.07) is 11.8. The number of aliphatic carboxylic acids is 1. The first kappa shape index (κ1) is 18.7. The first-order valence-corrected chi connectivity index (χ1v) is 8.95. The number of aromatic nitrogens is 2. The minimum Gasteiger partial charge on any atom is -0.489 e. The minimum absolute atomic E-state index is 0.0665. The van der Waals surface area contributed by atoms with Gasteiger partial charge in [0.25, 0.3) is 0 Å². The van der Waals surface area contributed by atoms with E-state index in [2.05, 4.69) is 44.6 Å². The van der Waals surface area contributed by atoms with E-state index in [4.69, 9.17) is 9.84 Å². The number of fused-ring (bicyclic) bond motifs is 1. The van der Waals surface area contributed by atoms with E-state index in [9.17, 15) is 4.79 Å². The monoisotopic (exact) mass is 364 g/mol. The first-order chi connectivity index (χ1) is 12.9. The molecule has 0 aliphatic carbocycles. The van der Waals surface area contributed by atoms with Crippen LogP contribution in [0.4, 0.5) is 0 Å². The molecule has 2 aromatic carbocycles. The van der Waals surface area contributed by atoms with Crippen molar-refractivity contribution in [2.45, 2.75) is 39.8 Å². The number of carbonyl (C=O) groups is 1. The van der Waals surface area contributed by atoms with Gasteiger partial charge < -0.3 is 9.84 Å². The highest BCUT2D eigenvalue weighted by Gasteiger charge is 2.12. The number of carboxylic acid groups (broad SMARTS) is 1. The SMILES string of the molecule is C=C(CC(=O)O)c1ccc(OCc2ccc3cnn(C(C)C)c3c2C)cc1. The Bertz CT molecular complexity index is 985. The molecule has 0 aliphatic rings. The van der Waals surface area contributed by atoms with Crippen molar-refractivity contribution in [3.63, 3.8) is 0 Å². The van der Waals surface area contributed by atoms with Crippen molar-refractivity contribution in [2.24, 2.45) is 0 Å². The second kappa shape index (κ2) is 7.66. The van der Waals surface area contributed by atoms with Gasteiger partial charge in [-0.15, -0.1) is 0 Å². The number of carboxylic acids is 1. The fourth-order valence-corrected chi connectivity index (χ4v) is 3.13. The summed E-state index contributed by atoms with van der Waals surface area (Å²) in [7, 11) is 0. The molecule has 0 unspecified atom stereocenters. The maximum absolute atomic E-state index is 10.8. The van der Waals surface area contributed by atoms with Crippen LogP contribution in [0, 0.1) is 6.92 Å². The number of benzene rings is 2. The molecule has 0 saturated heterocycles. The van der Waals surface area contributed by atoms with Gasteiger partial charge in [-0.25, -0.2) is 0 Å². The number of hydrogen-bond donors (Lipinski definition) is 1. The summed E-state index contributed by atoms with van der Waals surface area (Å²) in [5.41, 5.74) is 4.82. The predicted octanol–water partition coefficient (Wildman–Crippen LogP) is 4.99. The summed E-state index contributed by atoms with van der Waals surface area (Å²) in [6.07, 6.45) is 1.83. The van der Waals surface area contributed by atoms with Crippen LogP contribution < -0.4 is 4.74 Å². The smallest absolute Gasteiger partial charge is 0.307 e. The van der Waals surface area contributed by atoms with Crippen LogP contribution in [-0.2, 0) is 11.4 Å².